The molecule has 1 aromatic heterocycles. The van der Waals surface area contributed by atoms with E-state index in [1.807, 2.05) is 36.7 Å². The van der Waals surface area contributed by atoms with E-state index in [1.54, 1.807) is 19.2 Å². The van der Waals surface area contributed by atoms with Crippen LogP contribution in [0.5, 0.6) is 5.75 Å². The number of amides is 1. The summed E-state index contributed by atoms with van der Waals surface area (Å²) in [5.41, 5.74) is 5.35. The Balaban J connectivity index is 1.85. The smallest absolute Gasteiger partial charge is 0.259 e. The summed E-state index contributed by atoms with van der Waals surface area (Å²) in [7, 11) is 1.56. The number of aryl methyl sites for hydroxylation is 2. The third kappa shape index (κ3) is 3.61. The van der Waals surface area contributed by atoms with Crippen molar-refractivity contribution in [3.8, 4) is 5.75 Å². The summed E-state index contributed by atoms with van der Waals surface area (Å²) in [6.07, 6.45) is 0. The maximum atomic E-state index is 12.7. The van der Waals surface area contributed by atoms with Gasteiger partial charge in [0.05, 0.1) is 36.3 Å². The molecule has 0 aliphatic heterocycles. The van der Waals surface area contributed by atoms with Gasteiger partial charge in [-0.1, -0.05) is 42.0 Å². The molecule has 0 aliphatic carbocycles. The first kappa shape index (κ1) is 17.7. The molecule has 5 heteroatoms. The number of hydrogen-bond acceptors (Lipinski definition) is 3. The zero-order chi connectivity index (χ0) is 18.7. The van der Waals surface area contributed by atoms with E-state index in [-0.39, 0.29) is 5.91 Å². The maximum absolute atomic E-state index is 12.7. The second kappa shape index (κ2) is 7.44. The van der Waals surface area contributed by atoms with E-state index in [2.05, 4.69) is 35.5 Å². The molecule has 0 aliphatic rings. The van der Waals surface area contributed by atoms with E-state index >= 15 is 0 Å². The molecule has 0 unspecified atom stereocenters. The van der Waals surface area contributed by atoms with Crippen LogP contribution >= 0.6 is 0 Å². The van der Waals surface area contributed by atoms with Gasteiger partial charge in [-0.3, -0.25) is 9.48 Å². The highest BCUT2D eigenvalue weighted by atomic mass is 16.5. The lowest BCUT2D eigenvalue weighted by Gasteiger charge is -2.10. The van der Waals surface area contributed by atoms with E-state index in [0.717, 1.165) is 17.1 Å². The van der Waals surface area contributed by atoms with Crippen molar-refractivity contribution in [1.82, 2.24) is 9.78 Å². The van der Waals surface area contributed by atoms with Crippen LogP contribution in [0.15, 0.2) is 48.5 Å². The molecule has 0 saturated heterocycles. The highest BCUT2D eigenvalue weighted by molar-refractivity contribution is 6.06. The van der Waals surface area contributed by atoms with Gasteiger partial charge in [0.1, 0.15) is 5.75 Å². The second-order valence-corrected chi connectivity index (χ2v) is 6.35. The van der Waals surface area contributed by atoms with Crippen LogP contribution < -0.4 is 10.1 Å². The molecule has 26 heavy (non-hydrogen) atoms. The minimum absolute atomic E-state index is 0.205. The summed E-state index contributed by atoms with van der Waals surface area (Å²) >= 11 is 0. The number of ether oxygens (including phenoxy) is 1. The lowest BCUT2D eigenvalue weighted by Crippen LogP contribution is -2.14. The maximum Gasteiger partial charge on any atom is 0.259 e. The predicted octanol–water partition coefficient (Wildman–Crippen LogP) is 4.12. The van der Waals surface area contributed by atoms with Gasteiger partial charge in [0.15, 0.2) is 0 Å². The summed E-state index contributed by atoms with van der Waals surface area (Å²) < 4.78 is 7.20. The quantitative estimate of drug-likeness (QED) is 0.754. The number of anilines is 1. The predicted molar refractivity (Wildman–Crippen MR) is 103 cm³/mol. The van der Waals surface area contributed by atoms with E-state index in [0.29, 0.717) is 17.9 Å². The topological polar surface area (TPSA) is 56.1 Å². The number of carbonyl (C=O) groups excluding carboxylic acids is 1. The average molecular weight is 349 g/mol. The van der Waals surface area contributed by atoms with Gasteiger partial charge in [0.2, 0.25) is 0 Å². The van der Waals surface area contributed by atoms with Gasteiger partial charge in [-0.2, -0.15) is 5.10 Å². The molecule has 5 nitrogen and oxygen atoms in total. The Morgan fingerprint density at radius 3 is 2.62 bits per heavy atom. The molecule has 0 saturated carbocycles. The SMILES string of the molecule is COc1ccccc1C(=O)Nc1c(C)nn(Cc2cccc(C)c2)c1C. The summed E-state index contributed by atoms with van der Waals surface area (Å²) in [5, 5.41) is 7.58. The molecular weight excluding hydrogens is 326 g/mol. The van der Waals surface area contributed by atoms with Crippen molar-refractivity contribution >= 4 is 11.6 Å². The van der Waals surface area contributed by atoms with Crippen LogP contribution in [-0.4, -0.2) is 22.8 Å². The molecule has 0 atom stereocenters. The largest absolute Gasteiger partial charge is 0.496 e. The summed E-state index contributed by atoms with van der Waals surface area (Å²) in [6.45, 7) is 6.60. The van der Waals surface area contributed by atoms with Crippen LogP contribution in [-0.2, 0) is 6.54 Å². The van der Waals surface area contributed by atoms with Gasteiger partial charge >= 0.3 is 0 Å². The van der Waals surface area contributed by atoms with E-state index in [4.69, 9.17) is 4.74 Å². The molecule has 0 radical (unpaired) electrons. The van der Waals surface area contributed by atoms with Gasteiger partial charge in [0.25, 0.3) is 5.91 Å². The van der Waals surface area contributed by atoms with Crippen LogP contribution in [0, 0.1) is 20.8 Å². The second-order valence-electron chi connectivity index (χ2n) is 6.35. The average Bonchev–Trinajstić information content (AvgIpc) is 2.89. The molecular formula is C21H23N3O2. The lowest BCUT2D eigenvalue weighted by molar-refractivity contribution is 0.102. The van der Waals surface area contributed by atoms with Crippen molar-refractivity contribution in [2.75, 3.05) is 12.4 Å². The fraction of sp³-hybridized carbons (Fsp3) is 0.238. The van der Waals surface area contributed by atoms with E-state index < -0.39 is 0 Å². The molecule has 1 N–H and O–H groups in total. The third-order valence-corrected chi connectivity index (χ3v) is 4.39. The molecule has 134 valence electrons. The van der Waals surface area contributed by atoms with E-state index in [1.165, 1.54) is 11.1 Å². The summed E-state index contributed by atoms with van der Waals surface area (Å²) in [4.78, 5) is 12.7. The Kier molecular flexibility index (Phi) is 5.07. The summed E-state index contributed by atoms with van der Waals surface area (Å²) in [5.74, 6) is 0.344. The number of rotatable bonds is 5. The van der Waals surface area contributed by atoms with Gasteiger partial charge in [-0.05, 0) is 38.5 Å². The fourth-order valence-corrected chi connectivity index (χ4v) is 3.03. The molecule has 1 heterocycles. The van der Waals surface area contributed by atoms with Crippen LogP contribution in [0.1, 0.15) is 32.9 Å². The number of nitrogens with one attached hydrogen (secondary N) is 1. The highest BCUT2D eigenvalue weighted by Crippen LogP contribution is 2.24. The van der Waals surface area contributed by atoms with Crippen molar-refractivity contribution in [2.45, 2.75) is 27.3 Å². The fourth-order valence-electron chi connectivity index (χ4n) is 3.03. The Hall–Kier alpha value is -3.08. The molecule has 0 spiro atoms. The van der Waals surface area contributed by atoms with Gasteiger partial charge in [0, 0.05) is 0 Å². The van der Waals surface area contributed by atoms with Gasteiger partial charge in [-0.25, -0.2) is 0 Å². The Labute approximate surface area is 153 Å². The molecule has 3 aromatic rings. The lowest BCUT2D eigenvalue weighted by atomic mass is 10.1. The van der Waals surface area contributed by atoms with Gasteiger partial charge in [-0.15, -0.1) is 0 Å². The van der Waals surface area contributed by atoms with Crippen molar-refractivity contribution in [3.05, 3.63) is 76.6 Å². The van der Waals surface area contributed by atoms with Crippen molar-refractivity contribution in [3.63, 3.8) is 0 Å². The number of carbonyl (C=O) groups is 1. The monoisotopic (exact) mass is 349 g/mol. The molecule has 0 bridgehead atoms. The number of nitrogens with zero attached hydrogens (tertiary/aromatic N) is 2. The van der Waals surface area contributed by atoms with Crippen molar-refractivity contribution in [2.24, 2.45) is 0 Å². The van der Waals surface area contributed by atoms with Crippen LogP contribution in [0.2, 0.25) is 0 Å². The first-order valence-corrected chi connectivity index (χ1v) is 8.53. The Morgan fingerprint density at radius 2 is 1.88 bits per heavy atom. The van der Waals surface area contributed by atoms with Crippen LogP contribution in [0.4, 0.5) is 5.69 Å². The minimum atomic E-state index is -0.205. The van der Waals surface area contributed by atoms with Gasteiger partial charge < -0.3 is 10.1 Å². The minimum Gasteiger partial charge on any atom is -0.496 e. The van der Waals surface area contributed by atoms with Crippen molar-refractivity contribution < 1.29 is 9.53 Å². The zero-order valence-electron chi connectivity index (χ0n) is 15.5. The number of methoxy groups -OCH3 is 1. The number of hydrogen-bond donors (Lipinski definition) is 1. The Bertz CT molecular complexity index is 944. The van der Waals surface area contributed by atoms with Crippen molar-refractivity contribution in [1.29, 1.82) is 0 Å². The first-order valence-electron chi connectivity index (χ1n) is 8.53. The third-order valence-electron chi connectivity index (χ3n) is 4.39. The molecule has 1 amide bonds. The Morgan fingerprint density at radius 1 is 1.12 bits per heavy atom. The number of aromatic nitrogens is 2. The standard InChI is InChI=1S/C21H23N3O2/c1-14-8-7-9-17(12-14)13-24-16(3)20(15(2)23-24)22-21(25)18-10-5-6-11-19(18)26-4/h5-12H,13H2,1-4H3,(H,22,25). The van der Waals surface area contributed by atoms with E-state index in [9.17, 15) is 4.79 Å². The number of para-hydroxylation sites is 1. The number of benzene rings is 2. The molecule has 2 aromatic carbocycles. The van der Waals surface area contributed by atoms with Crippen LogP contribution in [0.3, 0.4) is 0 Å². The summed E-state index contributed by atoms with van der Waals surface area (Å²) in [6, 6.07) is 15.5. The van der Waals surface area contributed by atoms with Crippen LogP contribution in [0.25, 0.3) is 0 Å². The highest BCUT2D eigenvalue weighted by Gasteiger charge is 2.17. The normalized spacial score (nSPS) is 10.6. The first-order chi connectivity index (χ1) is 12.5. The molecule has 0 fully saturated rings. The zero-order valence-corrected chi connectivity index (χ0v) is 15.5. The molecule has 3 rings (SSSR count).